The van der Waals surface area contributed by atoms with Gasteiger partial charge in [-0.3, -0.25) is 14.6 Å². The van der Waals surface area contributed by atoms with E-state index in [0.29, 0.717) is 43.6 Å². The molecular weight excluding hydrogens is 451 g/mol. The van der Waals surface area contributed by atoms with Crippen molar-refractivity contribution in [2.75, 3.05) is 13.1 Å². The van der Waals surface area contributed by atoms with Crippen molar-refractivity contribution in [1.29, 1.82) is 0 Å². The second-order valence-corrected chi connectivity index (χ2v) is 7.78. The predicted octanol–water partition coefficient (Wildman–Crippen LogP) is 2.91. The van der Waals surface area contributed by atoms with Crippen LogP contribution in [0.4, 0.5) is 13.2 Å². The number of fused-ring (bicyclic) bond motifs is 3. The maximum Gasteiger partial charge on any atom is 0.491 e. The largest absolute Gasteiger partial charge is 0.491 e. The fourth-order valence-electron chi connectivity index (χ4n) is 3.89. The van der Waals surface area contributed by atoms with Gasteiger partial charge in [-0.05, 0) is 49.6 Å². The van der Waals surface area contributed by atoms with Gasteiger partial charge in [-0.1, -0.05) is 6.07 Å². The van der Waals surface area contributed by atoms with Gasteiger partial charge in [0.05, 0.1) is 5.69 Å². The highest BCUT2D eigenvalue weighted by Gasteiger charge is 2.43. The summed E-state index contributed by atoms with van der Waals surface area (Å²) >= 11 is 0. The third kappa shape index (κ3) is 5.30. The summed E-state index contributed by atoms with van der Waals surface area (Å²) in [5.41, 5.74) is 3.51. The van der Waals surface area contributed by atoms with Crippen molar-refractivity contribution in [2.45, 2.75) is 38.4 Å². The van der Waals surface area contributed by atoms with Crippen LogP contribution in [0.2, 0.25) is 0 Å². The lowest BCUT2D eigenvalue weighted by atomic mass is 9.90. The number of alkyl halides is 3. The Bertz CT molecular complexity index is 1180. The highest BCUT2D eigenvalue weighted by Crippen LogP contribution is 2.34. The van der Waals surface area contributed by atoms with Crippen LogP contribution in [0.1, 0.15) is 33.7 Å². The first-order valence-corrected chi connectivity index (χ1v) is 10.8. The number of aromatic nitrogens is 4. The predicted molar refractivity (Wildman–Crippen MR) is 115 cm³/mol. The molecule has 0 fully saturated rings. The molecule has 0 atom stereocenters. The minimum atomic E-state index is -5.27. The minimum Gasteiger partial charge on any atom is -0.381 e. The molecule has 178 valence electrons. The Hall–Kier alpha value is -3.60. The van der Waals surface area contributed by atoms with Crippen LogP contribution >= 0.6 is 0 Å². The van der Waals surface area contributed by atoms with Gasteiger partial charge in [-0.25, -0.2) is 9.59 Å². The molecule has 34 heavy (non-hydrogen) atoms. The van der Waals surface area contributed by atoms with E-state index in [0.717, 1.165) is 23.2 Å². The van der Waals surface area contributed by atoms with Crippen LogP contribution in [-0.2, 0) is 35.3 Å². The highest BCUT2D eigenvalue weighted by atomic mass is 19.4. The number of hydrogen-bond acceptors (Lipinski definition) is 7. The van der Waals surface area contributed by atoms with Crippen LogP contribution in [0.25, 0.3) is 11.3 Å². The number of carbonyl (C=O) groups is 2. The lowest BCUT2D eigenvalue weighted by molar-refractivity contribution is -0.193. The van der Waals surface area contributed by atoms with E-state index in [9.17, 15) is 22.8 Å². The Kier molecular flexibility index (Phi) is 7.01. The number of carbonyl (C=O) groups excluding carboxylic acids is 2. The summed E-state index contributed by atoms with van der Waals surface area (Å²) in [4.78, 5) is 32.2. The van der Waals surface area contributed by atoms with Crippen molar-refractivity contribution in [3.8, 4) is 11.3 Å². The number of rotatable bonds is 8. The van der Waals surface area contributed by atoms with Crippen molar-refractivity contribution in [3.05, 3.63) is 65.4 Å². The number of nitrogens with one attached hydrogen (secondary N) is 1. The number of ether oxygens (including phenoxy) is 1. The van der Waals surface area contributed by atoms with Crippen LogP contribution in [0, 0.1) is 0 Å². The molecule has 1 aliphatic rings. The molecule has 4 rings (SSSR count). The van der Waals surface area contributed by atoms with Gasteiger partial charge in [-0.2, -0.15) is 18.3 Å². The maximum absolute atomic E-state index is 12.7. The summed E-state index contributed by atoms with van der Waals surface area (Å²) < 4.78 is 43.5. The Labute approximate surface area is 193 Å². The van der Waals surface area contributed by atoms with Crippen LogP contribution in [0.3, 0.4) is 0 Å². The first-order chi connectivity index (χ1) is 16.3. The highest BCUT2D eigenvalue weighted by molar-refractivity contribution is 5.99. The Morgan fingerprint density at radius 1 is 1.12 bits per heavy atom. The zero-order chi connectivity index (χ0) is 24.1. The summed E-state index contributed by atoms with van der Waals surface area (Å²) in [5.74, 6) is -3.90. The summed E-state index contributed by atoms with van der Waals surface area (Å²) in [6.45, 7) is 1.55. The quantitative estimate of drug-likeness (QED) is 0.305. The lowest BCUT2D eigenvalue weighted by Crippen LogP contribution is -2.29. The van der Waals surface area contributed by atoms with Crippen LogP contribution in [0.15, 0.2) is 42.9 Å². The van der Waals surface area contributed by atoms with E-state index < -0.39 is 18.1 Å². The molecule has 1 N–H and O–H groups in total. The Balaban J connectivity index is 1.48. The minimum absolute atomic E-state index is 0.122. The third-order valence-electron chi connectivity index (χ3n) is 5.47. The molecule has 0 aliphatic heterocycles. The number of aryl methyl sites for hydroxylation is 2. The molecule has 0 saturated carbocycles. The number of esters is 2. The van der Waals surface area contributed by atoms with E-state index in [2.05, 4.69) is 25.1 Å². The van der Waals surface area contributed by atoms with E-state index in [1.807, 2.05) is 18.2 Å². The van der Waals surface area contributed by atoms with Gasteiger partial charge in [0.2, 0.25) is 0 Å². The van der Waals surface area contributed by atoms with Gasteiger partial charge >= 0.3 is 18.1 Å². The summed E-state index contributed by atoms with van der Waals surface area (Å²) in [5, 5.41) is 7.78. The molecule has 1 aliphatic carbocycles. The van der Waals surface area contributed by atoms with E-state index >= 15 is 0 Å². The Morgan fingerprint density at radius 3 is 2.74 bits per heavy atom. The van der Waals surface area contributed by atoms with E-state index in [1.54, 1.807) is 24.7 Å². The van der Waals surface area contributed by atoms with Gasteiger partial charge in [-0.15, -0.1) is 0 Å². The molecule has 3 aromatic heterocycles. The smallest absolute Gasteiger partial charge is 0.381 e. The van der Waals surface area contributed by atoms with Crippen molar-refractivity contribution in [2.24, 2.45) is 0 Å². The molecule has 3 heterocycles. The third-order valence-corrected chi connectivity index (χ3v) is 5.47. The summed E-state index contributed by atoms with van der Waals surface area (Å²) in [6.07, 6.45) is 1.98. The monoisotopic (exact) mass is 473 g/mol. The van der Waals surface area contributed by atoms with Gasteiger partial charge in [0.1, 0.15) is 0 Å². The molecule has 0 aromatic carbocycles. The van der Waals surface area contributed by atoms with Crippen molar-refractivity contribution >= 4 is 11.9 Å². The molecule has 0 unspecified atom stereocenters. The topological polar surface area (TPSA) is 99.0 Å². The summed E-state index contributed by atoms with van der Waals surface area (Å²) in [6, 6.07) is 7.45. The van der Waals surface area contributed by atoms with Crippen molar-refractivity contribution in [1.82, 2.24) is 25.1 Å². The first-order valence-electron chi connectivity index (χ1n) is 10.8. The molecule has 3 aromatic rings. The van der Waals surface area contributed by atoms with Crippen LogP contribution in [-0.4, -0.2) is 51.0 Å². The molecule has 0 bridgehead atoms. The average molecular weight is 473 g/mol. The lowest BCUT2D eigenvalue weighted by Gasteiger charge is -2.15. The van der Waals surface area contributed by atoms with E-state index in [-0.39, 0.29) is 12.2 Å². The number of hydrogen-bond donors (Lipinski definition) is 1. The zero-order valence-electron chi connectivity index (χ0n) is 18.1. The normalized spacial score (nSPS) is 12.7. The fraction of sp³-hybridized carbons (Fsp3) is 0.348. The average Bonchev–Trinajstić information content (AvgIpc) is 3.20. The standard InChI is InChI=1S/C23H22F3N5O3/c24-23(25,26)22(33)34-21(32)20-18-6-5-15-14-28-12-8-17(15)19(18)30-31(20)13-3-9-27-11-7-16-4-1-2-10-29-16/h1-2,4,8,10,12,14,27H,3,5-7,9,11,13H2. The Morgan fingerprint density at radius 2 is 1.97 bits per heavy atom. The summed E-state index contributed by atoms with van der Waals surface area (Å²) in [7, 11) is 0. The SMILES string of the molecule is O=C(OC(=O)C(F)(F)F)c1c2c(nn1CCCNCCc1ccccn1)-c1ccncc1CC2. The van der Waals surface area contributed by atoms with Crippen molar-refractivity contribution in [3.63, 3.8) is 0 Å². The molecule has 0 radical (unpaired) electrons. The molecule has 11 heteroatoms. The number of halogens is 3. The molecule has 0 saturated heterocycles. The molecule has 0 amide bonds. The van der Waals surface area contributed by atoms with Gasteiger partial charge in [0.15, 0.2) is 5.69 Å². The molecular formula is C23H22F3N5O3. The number of pyridine rings is 2. The van der Waals surface area contributed by atoms with Gasteiger partial charge in [0, 0.05) is 54.9 Å². The van der Waals surface area contributed by atoms with Crippen LogP contribution in [0.5, 0.6) is 0 Å². The second-order valence-electron chi connectivity index (χ2n) is 7.78. The second kappa shape index (κ2) is 10.1. The van der Waals surface area contributed by atoms with Gasteiger partial charge < -0.3 is 10.1 Å². The van der Waals surface area contributed by atoms with E-state index in [1.165, 1.54) is 4.68 Å². The molecule has 0 spiro atoms. The first kappa shape index (κ1) is 23.6. The van der Waals surface area contributed by atoms with Crippen molar-refractivity contribution < 1.29 is 27.5 Å². The molecule has 8 nitrogen and oxygen atoms in total. The maximum atomic E-state index is 12.7. The van der Waals surface area contributed by atoms with Gasteiger partial charge in [0.25, 0.3) is 0 Å². The zero-order valence-corrected chi connectivity index (χ0v) is 18.1. The van der Waals surface area contributed by atoms with Crippen LogP contribution < -0.4 is 5.32 Å². The van der Waals surface area contributed by atoms with E-state index in [4.69, 9.17) is 0 Å². The fourth-order valence-corrected chi connectivity index (χ4v) is 3.89. The number of nitrogens with zero attached hydrogens (tertiary/aromatic N) is 4.